The van der Waals surface area contributed by atoms with Gasteiger partial charge < -0.3 is 19.3 Å². The van der Waals surface area contributed by atoms with Crippen molar-refractivity contribution in [3.63, 3.8) is 0 Å². The molecule has 3 aliphatic rings. The van der Waals surface area contributed by atoms with Crippen LogP contribution in [0.4, 0.5) is 20.7 Å². The molecule has 6 rings (SSSR count). The Balaban J connectivity index is 1.37. The minimum absolute atomic E-state index is 0.249. The van der Waals surface area contributed by atoms with Crippen LogP contribution in [0.5, 0.6) is 5.75 Å². The molecule has 0 unspecified atom stereocenters. The lowest BCUT2D eigenvalue weighted by molar-refractivity contribution is 0.137. The molecule has 9 nitrogen and oxygen atoms in total. The lowest BCUT2D eigenvalue weighted by atomic mass is 10.0. The van der Waals surface area contributed by atoms with Crippen LogP contribution in [0.2, 0.25) is 0 Å². The van der Waals surface area contributed by atoms with Gasteiger partial charge in [-0.3, -0.25) is 9.47 Å². The molecule has 1 amide bonds. The molecule has 0 aliphatic carbocycles. The predicted molar refractivity (Wildman–Crippen MR) is 93.1 cm³/mol. The third-order valence-electron chi connectivity index (χ3n) is 5.40. The first-order chi connectivity index (χ1) is 13.7. The average Bonchev–Trinajstić information content (AvgIpc) is 3.45. The van der Waals surface area contributed by atoms with Crippen LogP contribution in [0.1, 0.15) is 11.4 Å². The van der Waals surface area contributed by atoms with Crippen LogP contribution in [0.25, 0.3) is 5.69 Å². The number of nitrogens with zero attached hydrogens (tertiary/aromatic N) is 4. The van der Waals surface area contributed by atoms with Crippen molar-refractivity contribution in [2.75, 3.05) is 16.8 Å². The first-order valence-electron chi connectivity index (χ1n) is 8.85. The van der Waals surface area contributed by atoms with Gasteiger partial charge in [-0.1, -0.05) is 5.16 Å². The summed E-state index contributed by atoms with van der Waals surface area (Å²) in [5, 5.41) is 6.87. The van der Waals surface area contributed by atoms with Crippen molar-refractivity contribution in [3.8, 4) is 11.4 Å². The van der Waals surface area contributed by atoms with Gasteiger partial charge >= 0.3 is 6.09 Å². The Hall–Kier alpha value is -3.56. The van der Waals surface area contributed by atoms with Crippen molar-refractivity contribution in [1.82, 2.24) is 14.7 Å². The number of halogens is 1. The third-order valence-corrected chi connectivity index (χ3v) is 5.40. The highest BCUT2D eigenvalue weighted by Crippen LogP contribution is 2.47. The van der Waals surface area contributed by atoms with Crippen molar-refractivity contribution in [2.45, 2.75) is 25.2 Å². The number of imidazole rings is 1. The molecule has 3 aromatic rings. The second kappa shape index (κ2) is 5.47. The summed E-state index contributed by atoms with van der Waals surface area (Å²) in [7, 11) is 0. The van der Waals surface area contributed by atoms with Crippen LogP contribution in [0, 0.1) is 5.82 Å². The molecule has 28 heavy (non-hydrogen) atoms. The van der Waals surface area contributed by atoms with E-state index in [1.54, 1.807) is 23.0 Å². The normalized spacial score (nSPS) is 21.5. The summed E-state index contributed by atoms with van der Waals surface area (Å²) in [5.74, 6) is 1.19. The summed E-state index contributed by atoms with van der Waals surface area (Å²) in [6.45, 7) is 0.618. The maximum absolute atomic E-state index is 15.0. The maximum Gasteiger partial charge on any atom is 0.415 e. The van der Waals surface area contributed by atoms with Gasteiger partial charge in [0.15, 0.2) is 23.2 Å². The quantitative estimate of drug-likeness (QED) is 0.741. The van der Waals surface area contributed by atoms with E-state index in [0.29, 0.717) is 41.7 Å². The summed E-state index contributed by atoms with van der Waals surface area (Å²) in [5.41, 5.74) is 1.65. The van der Waals surface area contributed by atoms with Crippen LogP contribution in [-0.4, -0.2) is 39.5 Å². The number of carbonyl (C=O) groups excluding carboxylic acids is 1. The second-order valence-electron chi connectivity index (χ2n) is 6.87. The number of ether oxygens (including phenoxy) is 2. The van der Waals surface area contributed by atoms with E-state index in [-0.39, 0.29) is 12.6 Å². The molecular formula is C18H14FN5O4. The summed E-state index contributed by atoms with van der Waals surface area (Å²) in [6, 6.07) is 2.81. The summed E-state index contributed by atoms with van der Waals surface area (Å²) in [4.78, 5) is 18.2. The van der Waals surface area contributed by atoms with E-state index in [2.05, 4.69) is 15.5 Å². The first-order valence-corrected chi connectivity index (χ1v) is 8.85. The van der Waals surface area contributed by atoms with Crippen LogP contribution in [-0.2, 0) is 17.8 Å². The Labute approximate surface area is 157 Å². The lowest BCUT2D eigenvalue weighted by Gasteiger charge is -2.23. The number of carbonyl (C=O) groups is 1. The predicted octanol–water partition coefficient (Wildman–Crippen LogP) is 2.25. The standard InChI is InChI=1S/C18H14FN5O4/c19-10-6-11-9(17-16(10)23-3-2-20-15(23)8-26-17)5-12-13(28-18(25)24(11)12)7-21-14-1-4-27-22-14/h1-4,6,12-13H,5,7-8H2,(H,21,22)/t12-,13-/m0/s1. The van der Waals surface area contributed by atoms with Crippen molar-refractivity contribution in [2.24, 2.45) is 0 Å². The fourth-order valence-electron chi connectivity index (χ4n) is 4.18. The van der Waals surface area contributed by atoms with E-state index in [1.165, 1.54) is 17.2 Å². The van der Waals surface area contributed by atoms with Crippen molar-refractivity contribution >= 4 is 17.6 Å². The smallest absolute Gasteiger partial charge is 0.415 e. The van der Waals surface area contributed by atoms with Crippen molar-refractivity contribution < 1.29 is 23.2 Å². The van der Waals surface area contributed by atoms with Crippen LogP contribution >= 0.6 is 0 Å². The third kappa shape index (κ3) is 2.02. The highest BCUT2D eigenvalue weighted by molar-refractivity contribution is 5.95. The Kier molecular flexibility index (Phi) is 3.03. The number of aromatic nitrogens is 3. The molecule has 3 aliphatic heterocycles. The lowest BCUT2D eigenvalue weighted by Crippen LogP contribution is -2.36. The van der Waals surface area contributed by atoms with E-state index in [9.17, 15) is 9.18 Å². The minimum Gasteiger partial charge on any atom is -0.483 e. The van der Waals surface area contributed by atoms with Crippen LogP contribution in [0.15, 0.2) is 35.3 Å². The number of anilines is 2. The highest BCUT2D eigenvalue weighted by atomic mass is 19.1. The number of hydrogen-bond acceptors (Lipinski definition) is 7. The summed E-state index contributed by atoms with van der Waals surface area (Å²) < 4.78 is 32.8. The van der Waals surface area contributed by atoms with Gasteiger partial charge in [0.05, 0.1) is 18.3 Å². The molecule has 0 saturated carbocycles. The van der Waals surface area contributed by atoms with Gasteiger partial charge in [0, 0.05) is 36.5 Å². The molecule has 1 aromatic carbocycles. The minimum atomic E-state index is -0.491. The zero-order chi connectivity index (χ0) is 18.8. The monoisotopic (exact) mass is 383 g/mol. The molecule has 2 aromatic heterocycles. The molecule has 2 atom stereocenters. The van der Waals surface area contributed by atoms with Crippen LogP contribution < -0.4 is 15.0 Å². The van der Waals surface area contributed by atoms with Gasteiger partial charge in [-0.2, -0.15) is 0 Å². The van der Waals surface area contributed by atoms with Gasteiger partial charge in [0.1, 0.15) is 24.7 Å². The van der Waals surface area contributed by atoms with E-state index in [4.69, 9.17) is 14.0 Å². The fourth-order valence-corrected chi connectivity index (χ4v) is 4.18. The van der Waals surface area contributed by atoms with Crippen LogP contribution in [0.3, 0.4) is 0 Å². The molecule has 142 valence electrons. The van der Waals surface area contributed by atoms with Crippen molar-refractivity contribution in [1.29, 1.82) is 0 Å². The van der Waals surface area contributed by atoms with E-state index in [0.717, 1.165) is 5.56 Å². The molecule has 1 saturated heterocycles. The number of rotatable bonds is 3. The molecule has 10 heteroatoms. The first kappa shape index (κ1) is 15.5. The Bertz CT molecular complexity index is 1100. The molecule has 1 N–H and O–H groups in total. The number of amides is 1. The van der Waals surface area contributed by atoms with Gasteiger partial charge in [-0.25, -0.2) is 14.2 Å². The largest absolute Gasteiger partial charge is 0.483 e. The SMILES string of the molecule is O=C1O[C@@H](CNc2ccon2)[C@@H]2Cc3c(cc(F)c4c3OCc3nccn3-4)N12. The zero-order valence-electron chi connectivity index (χ0n) is 14.5. The molecule has 0 radical (unpaired) electrons. The summed E-state index contributed by atoms with van der Waals surface area (Å²) >= 11 is 0. The average molecular weight is 383 g/mol. The molecule has 1 fully saturated rings. The van der Waals surface area contributed by atoms with Gasteiger partial charge in [0.2, 0.25) is 0 Å². The number of cyclic esters (lactones) is 1. The second-order valence-corrected chi connectivity index (χ2v) is 6.87. The number of hydrogen-bond donors (Lipinski definition) is 1. The molecule has 0 bridgehead atoms. The number of fused-ring (bicyclic) bond motifs is 7. The Morgan fingerprint density at radius 2 is 2.32 bits per heavy atom. The Morgan fingerprint density at radius 1 is 1.39 bits per heavy atom. The molecular weight excluding hydrogens is 369 g/mol. The topological polar surface area (TPSA) is 94.6 Å². The number of benzene rings is 1. The van der Waals surface area contributed by atoms with Gasteiger partial charge in [-0.15, -0.1) is 0 Å². The zero-order valence-corrected chi connectivity index (χ0v) is 14.5. The maximum atomic E-state index is 15.0. The van der Waals surface area contributed by atoms with Gasteiger partial charge in [-0.05, 0) is 0 Å². The highest BCUT2D eigenvalue weighted by Gasteiger charge is 2.49. The molecule has 5 heterocycles. The van der Waals surface area contributed by atoms with Crippen molar-refractivity contribution in [3.05, 3.63) is 48.0 Å². The molecule has 0 spiro atoms. The number of nitrogens with one attached hydrogen (secondary N) is 1. The van der Waals surface area contributed by atoms with Gasteiger partial charge in [0.25, 0.3) is 0 Å². The summed E-state index contributed by atoms with van der Waals surface area (Å²) in [6.07, 6.45) is 4.39. The van der Waals surface area contributed by atoms with E-state index in [1.807, 2.05) is 0 Å². The van der Waals surface area contributed by atoms with E-state index >= 15 is 0 Å². The Morgan fingerprint density at radius 3 is 3.18 bits per heavy atom. The fraction of sp³-hybridized carbons (Fsp3) is 0.278. The van der Waals surface area contributed by atoms with E-state index < -0.39 is 18.0 Å².